The Hall–Kier alpha value is -5.02. The first-order valence-corrected chi connectivity index (χ1v) is 23.7. The van der Waals surface area contributed by atoms with Crippen LogP contribution in [-0.4, -0.2) is 225 Å². The Morgan fingerprint density at radius 3 is 1.43 bits per heavy atom. The maximum Gasteiger partial charge on any atom is 0.337 e. The normalized spacial score (nSPS) is 37.1. The van der Waals surface area contributed by atoms with Crippen LogP contribution in [0.3, 0.4) is 0 Å². The third-order valence-corrected chi connectivity index (χ3v) is 13.1. The van der Waals surface area contributed by atoms with Crippen molar-refractivity contribution in [3.05, 3.63) is 76.8 Å². The molecular formula is C48H64O27. The minimum Gasteiger partial charge on any atom is -0.468 e. The summed E-state index contributed by atoms with van der Waals surface area (Å²) in [7, 11) is 2.22. The van der Waals surface area contributed by atoms with Crippen LogP contribution in [-0.2, 0) is 77.7 Å². The van der Waals surface area contributed by atoms with Crippen LogP contribution in [0.15, 0.2) is 71.2 Å². The topological polar surface area (TPSA) is 402 Å². The molecule has 27 heteroatoms. The van der Waals surface area contributed by atoms with E-state index in [4.69, 9.17) is 56.8 Å². The molecule has 1 aromatic carbocycles. The van der Waals surface area contributed by atoms with E-state index < -0.39 is 173 Å². The molecular weight excluding hydrogens is 1010 g/mol. The van der Waals surface area contributed by atoms with Crippen molar-refractivity contribution < 1.29 is 132 Å². The maximum atomic E-state index is 13.4. The molecule has 3 saturated heterocycles. The zero-order chi connectivity index (χ0) is 54.8. The van der Waals surface area contributed by atoms with Gasteiger partial charge in [0.25, 0.3) is 0 Å². The number of esters is 4. The Morgan fingerprint density at radius 1 is 0.560 bits per heavy atom. The molecule has 0 aliphatic carbocycles. The van der Waals surface area contributed by atoms with Gasteiger partial charge in [0.2, 0.25) is 12.6 Å². The van der Waals surface area contributed by atoms with Crippen LogP contribution in [0.1, 0.15) is 32.3 Å². The molecule has 0 saturated carbocycles. The fourth-order valence-electron chi connectivity index (χ4n) is 8.80. The second-order valence-corrected chi connectivity index (χ2v) is 17.8. The molecule has 6 rings (SSSR count). The third-order valence-electron chi connectivity index (χ3n) is 13.1. The SMILES string of the molecule is C/C=C1/[C@H](O[C@@H]2O[C@H](CO)[C@@H](O)[C@H](O)[C@H]2O)OC=C(C(=O)OC)[C@H]1CC(=O)OC[C@H]1O[C@@H](OCCc2ccc(OC(=O)C[C@@H]3C(C(=O)OC)=CO[C@@H](O[C@@H]4O[C@H](CO)[C@@H](O)[C@H](O)[C@H]4O)/C3=C/C)cc2)[C@H](O)[C@@H](O)[C@@H]1O. The van der Waals surface area contributed by atoms with Crippen molar-refractivity contribution in [1.82, 2.24) is 0 Å². The average molecular weight is 1070 g/mol. The summed E-state index contributed by atoms with van der Waals surface area (Å²) in [5.74, 6) is -5.53. The lowest BCUT2D eigenvalue weighted by Gasteiger charge is -2.42. The predicted octanol–water partition coefficient (Wildman–Crippen LogP) is -4.13. The monoisotopic (exact) mass is 1070 g/mol. The number of hydrogen-bond donors (Lipinski definition) is 11. The summed E-state index contributed by atoms with van der Waals surface area (Å²) in [6.45, 7) is 0.862. The van der Waals surface area contributed by atoms with Gasteiger partial charge in [0.1, 0.15) is 85.6 Å². The molecule has 418 valence electrons. The summed E-state index contributed by atoms with van der Waals surface area (Å²) >= 11 is 0. The van der Waals surface area contributed by atoms with Crippen LogP contribution in [0.25, 0.3) is 0 Å². The Labute approximate surface area is 428 Å². The standard InChI is InChI=1S/C48H64O27/c1-5-22-24(26(42(62)64-3)17-68-44(22)74-47-40(60)36(56)33(53)28(15-49)71-47)13-31(51)67-19-30-35(55)38(58)39(59)46(73-30)66-12-11-20-7-9-21(10-8-20)70-32(52)14-25-23(6-2)45(69-18-27(25)43(63)65-4)75-48-41(61)37(57)34(54)29(16-50)72-48/h5-10,17-18,24-25,28-30,33-41,44-50,53-61H,11-16,19H2,1-4H3/b22-5+,23-6+/t24-,25-,28+,29+,30+,33+,34+,35+,36-,37-,38-,39+,40+,41+,44-,45-,46+,47-,48-/m0/s1. The first-order valence-electron chi connectivity index (χ1n) is 23.7. The fourth-order valence-corrected chi connectivity index (χ4v) is 8.80. The number of carbonyl (C=O) groups is 4. The Bertz CT molecular complexity index is 2230. The van der Waals surface area contributed by atoms with E-state index in [-0.39, 0.29) is 41.1 Å². The van der Waals surface area contributed by atoms with Gasteiger partial charge in [-0.25, -0.2) is 9.59 Å². The molecule has 5 aliphatic rings. The largest absolute Gasteiger partial charge is 0.468 e. The van der Waals surface area contributed by atoms with E-state index in [1.54, 1.807) is 19.1 Å². The number of rotatable bonds is 19. The molecule has 75 heavy (non-hydrogen) atoms. The summed E-state index contributed by atoms with van der Waals surface area (Å²) in [6, 6.07) is 6.15. The van der Waals surface area contributed by atoms with Crippen LogP contribution in [0, 0.1) is 11.8 Å². The lowest BCUT2D eigenvalue weighted by Crippen LogP contribution is -2.60. The maximum absolute atomic E-state index is 13.4. The number of aliphatic hydroxyl groups is 11. The van der Waals surface area contributed by atoms with E-state index in [0.29, 0.717) is 5.56 Å². The summed E-state index contributed by atoms with van der Waals surface area (Å²) in [5, 5.41) is 113. The van der Waals surface area contributed by atoms with E-state index >= 15 is 0 Å². The summed E-state index contributed by atoms with van der Waals surface area (Å²) < 4.78 is 65.8. The van der Waals surface area contributed by atoms with E-state index in [1.807, 2.05) is 0 Å². The number of methoxy groups -OCH3 is 2. The van der Waals surface area contributed by atoms with Gasteiger partial charge in [-0.3, -0.25) is 9.59 Å². The zero-order valence-electron chi connectivity index (χ0n) is 41.0. The molecule has 0 bridgehead atoms. The lowest BCUT2D eigenvalue weighted by molar-refractivity contribution is -0.327. The molecule has 27 nitrogen and oxygen atoms in total. The van der Waals surface area contributed by atoms with Gasteiger partial charge < -0.3 is 113 Å². The minimum absolute atomic E-state index is 0.0730. The smallest absolute Gasteiger partial charge is 0.337 e. The van der Waals surface area contributed by atoms with Gasteiger partial charge in [-0.15, -0.1) is 0 Å². The fraction of sp³-hybridized carbons (Fsp3) is 0.625. The highest BCUT2D eigenvalue weighted by Crippen LogP contribution is 2.38. The van der Waals surface area contributed by atoms with Crippen molar-refractivity contribution in [3.63, 3.8) is 0 Å². The van der Waals surface area contributed by atoms with Gasteiger partial charge in [-0.1, -0.05) is 24.3 Å². The van der Waals surface area contributed by atoms with Gasteiger partial charge in [0.15, 0.2) is 18.9 Å². The van der Waals surface area contributed by atoms with Crippen molar-refractivity contribution in [2.75, 3.05) is 40.6 Å². The van der Waals surface area contributed by atoms with Crippen molar-refractivity contribution in [2.24, 2.45) is 11.8 Å². The van der Waals surface area contributed by atoms with Gasteiger partial charge >= 0.3 is 23.9 Å². The quantitative estimate of drug-likeness (QED) is 0.0271. The molecule has 3 fully saturated rings. The Kier molecular flexibility index (Phi) is 21.2. The predicted molar refractivity (Wildman–Crippen MR) is 243 cm³/mol. The number of allylic oxidation sites excluding steroid dienone is 2. The second-order valence-electron chi connectivity index (χ2n) is 17.8. The second kappa shape index (κ2) is 26.8. The molecule has 5 heterocycles. The van der Waals surface area contributed by atoms with Gasteiger partial charge in [-0.2, -0.15) is 0 Å². The summed E-state index contributed by atoms with van der Waals surface area (Å²) in [6.07, 6.45) is -23.2. The van der Waals surface area contributed by atoms with Crippen molar-refractivity contribution in [3.8, 4) is 5.75 Å². The molecule has 1 aromatic rings. The summed E-state index contributed by atoms with van der Waals surface area (Å²) in [5.41, 5.74) is 0.788. The first-order chi connectivity index (χ1) is 35.8. The van der Waals surface area contributed by atoms with E-state index in [1.165, 1.54) is 31.2 Å². The van der Waals surface area contributed by atoms with Gasteiger partial charge in [0, 0.05) is 23.0 Å². The lowest BCUT2D eigenvalue weighted by atomic mass is 9.86. The van der Waals surface area contributed by atoms with Gasteiger partial charge in [-0.05, 0) is 38.0 Å². The van der Waals surface area contributed by atoms with Crippen molar-refractivity contribution in [1.29, 1.82) is 0 Å². The number of hydrogen-bond acceptors (Lipinski definition) is 27. The highest BCUT2D eigenvalue weighted by atomic mass is 16.8. The van der Waals surface area contributed by atoms with Crippen LogP contribution in [0.5, 0.6) is 5.75 Å². The summed E-state index contributed by atoms with van der Waals surface area (Å²) in [4.78, 5) is 52.3. The minimum atomic E-state index is -1.81. The Morgan fingerprint density at radius 2 is 0.987 bits per heavy atom. The van der Waals surface area contributed by atoms with Crippen molar-refractivity contribution in [2.45, 2.75) is 138 Å². The van der Waals surface area contributed by atoms with Crippen LogP contribution in [0.2, 0.25) is 0 Å². The zero-order valence-corrected chi connectivity index (χ0v) is 41.0. The van der Waals surface area contributed by atoms with Crippen LogP contribution >= 0.6 is 0 Å². The highest BCUT2D eigenvalue weighted by Gasteiger charge is 2.50. The van der Waals surface area contributed by atoms with E-state index in [9.17, 15) is 75.3 Å². The molecule has 0 unspecified atom stereocenters. The molecule has 0 spiro atoms. The molecule has 19 atom stereocenters. The van der Waals surface area contributed by atoms with Gasteiger partial charge in [0.05, 0.1) is 70.6 Å². The number of carbonyl (C=O) groups excluding carboxylic acids is 4. The molecule has 11 N–H and O–H groups in total. The Balaban J connectivity index is 1.01. The number of aliphatic hydroxyl groups excluding tert-OH is 11. The number of benzene rings is 1. The molecule has 5 aliphatic heterocycles. The average Bonchev–Trinajstić information content (AvgIpc) is 3.40. The molecule has 0 aromatic heterocycles. The van der Waals surface area contributed by atoms with Crippen LogP contribution < -0.4 is 4.74 Å². The highest BCUT2D eigenvalue weighted by molar-refractivity contribution is 5.91. The number of ether oxygens (including phenoxy) is 12. The first kappa shape index (κ1) is 59.2. The van der Waals surface area contributed by atoms with Crippen molar-refractivity contribution >= 4 is 23.9 Å². The third kappa shape index (κ3) is 13.8. The van der Waals surface area contributed by atoms with E-state index in [0.717, 1.165) is 26.7 Å². The van der Waals surface area contributed by atoms with Crippen LogP contribution in [0.4, 0.5) is 0 Å². The molecule has 0 amide bonds. The van der Waals surface area contributed by atoms with E-state index in [2.05, 4.69) is 0 Å². The molecule has 0 radical (unpaired) electrons.